The molecule has 39 heavy (non-hydrogen) atoms. The fraction of sp³-hybridized carbons (Fsp3) is 0.200. The first-order valence-corrected chi connectivity index (χ1v) is 11.5. The van der Waals surface area contributed by atoms with Crippen molar-refractivity contribution >= 4 is 17.5 Å². The van der Waals surface area contributed by atoms with Crippen molar-refractivity contribution in [3.05, 3.63) is 76.1 Å². The molecule has 5 N–H and O–H groups in total. The lowest BCUT2D eigenvalue weighted by atomic mass is 10.0. The van der Waals surface area contributed by atoms with Crippen LogP contribution in [0.3, 0.4) is 0 Å². The Hall–Kier alpha value is -5.40. The van der Waals surface area contributed by atoms with E-state index in [1.807, 2.05) is 0 Å². The smallest absolute Gasteiger partial charge is 0.349 e. The first kappa shape index (κ1) is 26.7. The number of nitrogens with two attached hydrogens (primary N) is 1. The predicted octanol–water partition coefficient (Wildman–Crippen LogP) is 1.79. The Bertz CT molecular complexity index is 1540. The molecule has 0 bridgehead atoms. The molecule has 14 nitrogen and oxygen atoms in total. The number of aromatic nitrogens is 5. The quantitative estimate of drug-likeness (QED) is 0.100. The summed E-state index contributed by atoms with van der Waals surface area (Å²) in [5.41, 5.74) is 6.39. The molecule has 4 aromatic rings. The van der Waals surface area contributed by atoms with Crippen LogP contribution in [0.5, 0.6) is 23.0 Å². The van der Waals surface area contributed by atoms with Crippen LogP contribution in [0.2, 0.25) is 0 Å². The largest absolute Gasteiger partial charge is 0.493 e. The Morgan fingerprint density at radius 1 is 1.08 bits per heavy atom. The van der Waals surface area contributed by atoms with Crippen LogP contribution in [-0.4, -0.2) is 58.1 Å². The van der Waals surface area contributed by atoms with Crippen molar-refractivity contribution in [3.63, 3.8) is 0 Å². The van der Waals surface area contributed by atoms with Gasteiger partial charge in [-0.15, -0.1) is 10.2 Å². The lowest BCUT2D eigenvalue weighted by Gasteiger charge is -2.22. The van der Waals surface area contributed by atoms with Crippen LogP contribution in [-0.2, 0) is 4.79 Å². The number of benzene rings is 2. The number of anilines is 1. The molecule has 4 rings (SSSR count). The molecule has 0 radical (unpaired) electrons. The minimum atomic E-state index is -0.794. The molecule has 0 aliphatic heterocycles. The molecule has 2 heterocycles. The minimum Gasteiger partial charge on any atom is -0.493 e. The average molecular weight is 535 g/mol. The highest BCUT2D eigenvalue weighted by atomic mass is 16.5. The van der Waals surface area contributed by atoms with Crippen molar-refractivity contribution in [2.75, 3.05) is 26.6 Å². The van der Waals surface area contributed by atoms with E-state index in [4.69, 9.17) is 30.1 Å². The summed E-state index contributed by atoms with van der Waals surface area (Å²) in [4.78, 5) is 27.3. The number of nitrogens with zero attached hydrogens (tertiary/aromatic N) is 4. The highest BCUT2D eigenvalue weighted by Crippen LogP contribution is 2.41. The van der Waals surface area contributed by atoms with E-state index >= 15 is 0 Å². The third-order valence-electron chi connectivity index (χ3n) is 5.54. The molecule has 0 saturated carbocycles. The Morgan fingerprint density at radius 2 is 1.79 bits per heavy atom. The maximum atomic E-state index is 12.9. The summed E-state index contributed by atoms with van der Waals surface area (Å²) in [7, 11) is 4.46. The second-order valence-corrected chi connectivity index (χ2v) is 8.06. The molecular weight excluding hydrogens is 508 g/mol. The molecule has 2 aromatic heterocycles. The fourth-order valence-electron chi connectivity index (χ4n) is 3.85. The van der Waals surface area contributed by atoms with Gasteiger partial charge in [0.05, 0.1) is 26.9 Å². The van der Waals surface area contributed by atoms with Gasteiger partial charge in [0.15, 0.2) is 23.1 Å². The predicted molar refractivity (Wildman–Crippen MR) is 140 cm³/mol. The number of aromatic amines is 1. The minimum absolute atomic E-state index is 0.0854. The van der Waals surface area contributed by atoms with Crippen molar-refractivity contribution in [1.29, 1.82) is 5.41 Å². The number of amidine groups is 1. The zero-order valence-electron chi connectivity index (χ0n) is 21.5. The Balaban J connectivity index is 1.87. The molecule has 0 aliphatic rings. The lowest BCUT2D eigenvalue weighted by Crippen LogP contribution is -2.17. The zero-order valence-corrected chi connectivity index (χ0v) is 21.5. The number of carbonyl (C=O) groups excluding carboxylic acids is 1. The van der Waals surface area contributed by atoms with Crippen LogP contribution in [0.4, 0.5) is 5.69 Å². The van der Waals surface area contributed by atoms with Gasteiger partial charge in [-0.2, -0.15) is 9.78 Å². The van der Waals surface area contributed by atoms with Crippen LogP contribution >= 0.6 is 0 Å². The van der Waals surface area contributed by atoms with E-state index in [-0.39, 0.29) is 28.8 Å². The number of nitrogens with one attached hydrogen (secondary N) is 3. The molecule has 202 valence electrons. The van der Waals surface area contributed by atoms with Crippen molar-refractivity contribution in [2.45, 2.75) is 13.0 Å². The third-order valence-corrected chi connectivity index (χ3v) is 5.54. The Kier molecular flexibility index (Phi) is 7.74. The van der Waals surface area contributed by atoms with Gasteiger partial charge in [-0.1, -0.05) is 0 Å². The third kappa shape index (κ3) is 5.64. The van der Waals surface area contributed by atoms with Gasteiger partial charge in [-0.3, -0.25) is 15.2 Å². The number of esters is 1. The van der Waals surface area contributed by atoms with E-state index in [9.17, 15) is 9.59 Å². The van der Waals surface area contributed by atoms with Gasteiger partial charge in [-0.05, 0) is 42.0 Å². The number of nitrogen functional groups attached to an aromatic ring is 1. The van der Waals surface area contributed by atoms with Crippen LogP contribution in [0.1, 0.15) is 29.9 Å². The normalized spacial score (nSPS) is 11.4. The van der Waals surface area contributed by atoms with E-state index in [0.29, 0.717) is 28.5 Å². The summed E-state index contributed by atoms with van der Waals surface area (Å²) in [6, 6.07) is 10.5. The maximum Gasteiger partial charge on any atom is 0.349 e. The van der Waals surface area contributed by atoms with Gasteiger partial charge in [0.1, 0.15) is 17.6 Å². The highest BCUT2D eigenvalue weighted by molar-refractivity contribution is 5.98. The summed E-state index contributed by atoms with van der Waals surface area (Å²) in [6.07, 6.45) is 1.48. The maximum absolute atomic E-state index is 12.9. The number of hydrogen-bond acceptors (Lipinski definition) is 11. The summed E-state index contributed by atoms with van der Waals surface area (Å²) >= 11 is 0. The fourth-order valence-corrected chi connectivity index (χ4v) is 3.85. The number of ether oxygens (including phenoxy) is 4. The first-order chi connectivity index (χ1) is 18.7. The monoisotopic (exact) mass is 534 g/mol. The second kappa shape index (κ2) is 11.3. The van der Waals surface area contributed by atoms with Crippen molar-refractivity contribution in [1.82, 2.24) is 25.0 Å². The van der Waals surface area contributed by atoms with Gasteiger partial charge in [-0.25, -0.2) is 4.79 Å². The van der Waals surface area contributed by atoms with E-state index in [0.717, 1.165) is 4.68 Å². The van der Waals surface area contributed by atoms with Crippen LogP contribution < -0.4 is 35.7 Å². The van der Waals surface area contributed by atoms with Gasteiger partial charge >= 0.3 is 11.7 Å². The summed E-state index contributed by atoms with van der Waals surface area (Å²) in [6.45, 7) is 1.24. The molecule has 0 saturated heterocycles. The van der Waals surface area contributed by atoms with Crippen molar-refractivity contribution in [2.24, 2.45) is 5.73 Å². The van der Waals surface area contributed by atoms with Gasteiger partial charge < -0.3 is 30.0 Å². The number of H-pyrrole nitrogens is 1. The molecule has 1 unspecified atom stereocenters. The number of carbonyl (C=O) groups is 1. The molecular formula is C25H26N8O6. The van der Waals surface area contributed by atoms with E-state index in [1.165, 1.54) is 46.6 Å². The van der Waals surface area contributed by atoms with E-state index < -0.39 is 17.7 Å². The van der Waals surface area contributed by atoms with Crippen molar-refractivity contribution in [3.8, 4) is 28.8 Å². The summed E-state index contributed by atoms with van der Waals surface area (Å²) in [5, 5.41) is 23.3. The molecule has 2 aromatic carbocycles. The highest BCUT2D eigenvalue weighted by Gasteiger charge is 2.25. The van der Waals surface area contributed by atoms with Gasteiger partial charge in [0.2, 0.25) is 5.75 Å². The summed E-state index contributed by atoms with van der Waals surface area (Å²) in [5.74, 6) is 0.796. The van der Waals surface area contributed by atoms with Crippen molar-refractivity contribution < 1.29 is 23.7 Å². The number of rotatable bonds is 10. The Morgan fingerprint density at radius 3 is 2.36 bits per heavy atom. The second-order valence-electron chi connectivity index (χ2n) is 8.06. The average Bonchev–Trinajstić information content (AvgIpc) is 3.31. The van der Waals surface area contributed by atoms with E-state index in [1.54, 1.807) is 30.3 Å². The van der Waals surface area contributed by atoms with E-state index in [2.05, 4.69) is 25.6 Å². The molecule has 0 spiro atoms. The SMILES string of the molecule is COc1cc(C(Nc2ccc(C(=N)N)c(OC(C)=O)c2)c2nn(-c3cccnn3)c(=O)[nH]2)cc(OC)c1OC. The summed E-state index contributed by atoms with van der Waals surface area (Å²) < 4.78 is 22.8. The Labute approximate surface area is 222 Å². The molecule has 14 heteroatoms. The topological polar surface area (TPSA) is 192 Å². The van der Waals surface area contributed by atoms with Gasteiger partial charge in [0.25, 0.3) is 0 Å². The standard InChI is InChI=1S/C25H26N8O6/c1-13(34)39-17-12-15(7-8-16(17)23(26)27)29-21(14-10-18(36-2)22(38-4)19(11-14)37-3)24-30-25(35)33(32-24)20-6-5-9-28-31-20/h5-12,21,29H,1-4H3,(H3,26,27)(H,30,32,35). The van der Waals surface area contributed by atoms with Gasteiger partial charge in [0, 0.05) is 24.9 Å². The molecule has 1 atom stereocenters. The molecule has 0 aliphatic carbocycles. The molecule has 0 amide bonds. The number of methoxy groups -OCH3 is 3. The zero-order chi connectivity index (χ0) is 28.1. The molecule has 0 fully saturated rings. The van der Waals surface area contributed by atoms with Crippen LogP contribution in [0.25, 0.3) is 5.82 Å². The lowest BCUT2D eigenvalue weighted by molar-refractivity contribution is -0.131. The van der Waals surface area contributed by atoms with Crippen LogP contribution in [0, 0.1) is 5.41 Å². The number of hydrogen-bond donors (Lipinski definition) is 4. The van der Waals surface area contributed by atoms with Crippen LogP contribution in [0.15, 0.2) is 53.5 Å². The first-order valence-electron chi connectivity index (χ1n) is 11.5.